The van der Waals surface area contributed by atoms with E-state index in [9.17, 15) is 4.39 Å². The van der Waals surface area contributed by atoms with Crippen LogP contribution in [0.5, 0.6) is 11.6 Å². The number of nitrogens with zero attached hydrogens (tertiary/aromatic N) is 6. The Morgan fingerprint density at radius 2 is 1.94 bits per heavy atom. The Morgan fingerprint density at radius 1 is 1.12 bits per heavy atom. The molecule has 9 nitrogen and oxygen atoms in total. The number of fused-ring (bicyclic) bond motifs is 3. The number of halogens is 2. The summed E-state index contributed by atoms with van der Waals surface area (Å²) in [4.78, 5) is 7.11. The van der Waals surface area contributed by atoms with Gasteiger partial charge in [0.05, 0.1) is 19.0 Å². The van der Waals surface area contributed by atoms with Gasteiger partial charge < -0.3 is 19.7 Å². The SMILES string of the molecule is COc1cc(N2C[C@H]3CC[C@@H](C2)[C@@H]3Nc2nc3n(n2)CC[C@H]3Oc2cc(F)cc(Cl)c2)cnn1. The number of ether oxygens (including phenoxy) is 2. The Balaban J connectivity index is 1.14. The number of hydrogen-bond acceptors (Lipinski definition) is 8. The van der Waals surface area contributed by atoms with Crippen LogP contribution in [-0.2, 0) is 6.54 Å². The third-order valence-corrected chi connectivity index (χ3v) is 7.25. The van der Waals surface area contributed by atoms with Crippen LogP contribution in [0.2, 0.25) is 5.02 Å². The van der Waals surface area contributed by atoms with Crippen LogP contribution in [0, 0.1) is 17.7 Å². The fraction of sp³-hybridized carbons (Fsp3) is 0.478. The number of aromatic nitrogens is 5. The van der Waals surface area contributed by atoms with Crippen molar-refractivity contribution in [1.29, 1.82) is 0 Å². The summed E-state index contributed by atoms with van der Waals surface area (Å²) in [5.74, 6) is 2.85. The molecule has 0 radical (unpaired) electrons. The molecule has 2 aromatic heterocycles. The predicted molar refractivity (Wildman–Crippen MR) is 124 cm³/mol. The van der Waals surface area contributed by atoms with E-state index in [1.807, 2.05) is 10.7 Å². The van der Waals surface area contributed by atoms with Gasteiger partial charge in [0, 0.05) is 49.3 Å². The molecule has 2 bridgehead atoms. The Morgan fingerprint density at radius 3 is 2.71 bits per heavy atom. The number of nitrogens with one attached hydrogen (secondary N) is 1. The van der Waals surface area contributed by atoms with Crippen LogP contribution in [-0.4, -0.2) is 51.2 Å². The first-order valence-electron chi connectivity index (χ1n) is 11.5. The monoisotopic (exact) mass is 485 g/mol. The summed E-state index contributed by atoms with van der Waals surface area (Å²) in [6.07, 6.45) is 4.57. The third-order valence-electron chi connectivity index (χ3n) is 7.03. The van der Waals surface area contributed by atoms with Crippen molar-refractivity contribution >= 4 is 23.2 Å². The number of hydrogen-bond donors (Lipinski definition) is 1. The quantitative estimate of drug-likeness (QED) is 0.565. The van der Waals surface area contributed by atoms with E-state index in [0.29, 0.717) is 47.0 Å². The highest BCUT2D eigenvalue weighted by Crippen LogP contribution is 2.40. The van der Waals surface area contributed by atoms with Gasteiger partial charge in [-0.2, -0.15) is 10.1 Å². The van der Waals surface area contributed by atoms with Gasteiger partial charge in [0.1, 0.15) is 11.6 Å². The molecule has 11 heteroatoms. The molecular weight excluding hydrogens is 461 g/mol. The summed E-state index contributed by atoms with van der Waals surface area (Å²) in [7, 11) is 1.60. The lowest BCUT2D eigenvalue weighted by Gasteiger charge is -2.39. The molecular formula is C23H25ClFN7O2. The van der Waals surface area contributed by atoms with E-state index < -0.39 is 5.82 Å². The lowest BCUT2D eigenvalue weighted by molar-refractivity contribution is 0.202. The van der Waals surface area contributed by atoms with Crippen LogP contribution in [0.3, 0.4) is 0 Å². The molecule has 3 aliphatic rings. The molecule has 0 unspecified atom stereocenters. The van der Waals surface area contributed by atoms with Crippen molar-refractivity contribution < 1.29 is 13.9 Å². The summed E-state index contributed by atoms with van der Waals surface area (Å²) >= 11 is 5.97. The molecule has 0 amide bonds. The summed E-state index contributed by atoms with van der Waals surface area (Å²) < 4.78 is 26.8. The highest BCUT2D eigenvalue weighted by Gasteiger charge is 2.43. The Hall–Kier alpha value is -3.14. The molecule has 4 heterocycles. The van der Waals surface area contributed by atoms with Crippen molar-refractivity contribution in [3.8, 4) is 11.6 Å². The second-order valence-electron chi connectivity index (χ2n) is 9.15. The van der Waals surface area contributed by atoms with Crippen LogP contribution >= 0.6 is 11.6 Å². The predicted octanol–water partition coefficient (Wildman–Crippen LogP) is 3.72. The van der Waals surface area contributed by atoms with E-state index in [2.05, 4.69) is 25.5 Å². The molecule has 1 N–H and O–H groups in total. The zero-order valence-corrected chi connectivity index (χ0v) is 19.5. The summed E-state index contributed by atoms with van der Waals surface area (Å²) in [6.45, 7) is 2.57. The average Bonchev–Trinajstić information content (AvgIpc) is 3.44. The molecule has 0 spiro atoms. The lowest BCUT2D eigenvalue weighted by Crippen LogP contribution is -2.48. The van der Waals surface area contributed by atoms with E-state index in [4.69, 9.17) is 26.1 Å². The number of methoxy groups -OCH3 is 1. The number of piperidine rings is 1. The van der Waals surface area contributed by atoms with Crippen LogP contribution in [0.15, 0.2) is 30.5 Å². The highest BCUT2D eigenvalue weighted by atomic mass is 35.5. The fourth-order valence-electron chi connectivity index (χ4n) is 5.49. The highest BCUT2D eigenvalue weighted by molar-refractivity contribution is 6.30. The summed E-state index contributed by atoms with van der Waals surface area (Å²) in [5, 5.41) is 16.6. The molecule has 34 heavy (non-hydrogen) atoms. The molecule has 6 rings (SSSR count). The van der Waals surface area contributed by atoms with Crippen LogP contribution in [0.25, 0.3) is 0 Å². The minimum atomic E-state index is -0.424. The third kappa shape index (κ3) is 4.00. The molecule has 3 aromatic rings. The van der Waals surface area contributed by atoms with Gasteiger partial charge in [-0.1, -0.05) is 11.6 Å². The van der Waals surface area contributed by atoms with Gasteiger partial charge in [0.15, 0.2) is 11.9 Å². The van der Waals surface area contributed by atoms with E-state index >= 15 is 0 Å². The smallest absolute Gasteiger partial charge is 0.242 e. The lowest BCUT2D eigenvalue weighted by atomic mass is 9.92. The Labute approximate surface area is 201 Å². The number of rotatable bonds is 6. The number of benzene rings is 1. The molecule has 4 atom stereocenters. The van der Waals surface area contributed by atoms with Crippen molar-refractivity contribution in [2.24, 2.45) is 11.8 Å². The Kier molecular flexibility index (Phi) is 5.40. The first kappa shape index (κ1) is 21.4. The average molecular weight is 486 g/mol. The molecule has 1 aliphatic carbocycles. The van der Waals surface area contributed by atoms with Crippen LogP contribution in [0.4, 0.5) is 16.0 Å². The van der Waals surface area contributed by atoms with Gasteiger partial charge in [-0.15, -0.1) is 10.2 Å². The summed E-state index contributed by atoms with van der Waals surface area (Å²) in [5.41, 5.74) is 1.04. The van der Waals surface area contributed by atoms with Crippen molar-refractivity contribution in [3.05, 3.63) is 47.1 Å². The zero-order valence-electron chi connectivity index (χ0n) is 18.7. The Bertz CT molecular complexity index is 1170. The van der Waals surface area contributed by atoms with Gasteiger partial charge in [-0.05, 0) is 36.8 Å². The van der Waals surface area contributed by atoms with Gasteiger partial charge in [0.25, 0.3) is 0 Å². The van der Waals surface area contributed by atoms with E-state index in [-0.39, 0.29) is 6.10 Å². The largest absolute Gasteiger partial charge is 0.482 e. The van der Waals surface area contributed by atoms with Crippen molar-refractivity contribution in [1.82, 2.24) is 25.0 Å². The van der Waals surface area contributed by atoms with Gasteiger partial charge in [-0.25, -0.2) is 9.07 Å². The molecule has 1 saturated heterocycles. The maximum absolute atomic E-state index is 13.7. The zero-order chi connectivity index (χ0) is 23.2. The van der Waals surface area contributed by atoms with Crippen molar-refractivity contribution in [3.63, 3.8) is 0 Å². The second-order valence-corrected chi connectivity index (χ2v) is 9.58. The topological polar surface area (TPSA) is 90.2 Å². The standard InChI is InChI=1S/C23H25ClFN7O2/c1-33-20-9-17(10-26-29-20)31-11-13-2-3-14(12-31)21(13)27-23-28-22-19(4-5-32(22)30-23)34-18-7-15(24)6-16(25)8-18/h6-10,13-14,19,21H,2-5,11-12H2,1H3,(H,27,30)/t13-,14+,19-,21-/m1/s1. The molecule has 1 aromatic carbocycles. The first-order valence-corrected chi connectivity index (χ1v) is 11.9. The van der Waals surface area contributed by atoms with Gasteiger partial charge in [0.2, 0.25) is 11.8 Å². The van der Waals surface area contributed by atoms with Crippen LogP contribution < -0.4 is 19.7 Å². The maximum Gasteiger partial charge on any atom is 0.242 e. The minimum absolute atomic E-state index is 0.284. The summed E-state index contributed by atoms with van der Waals surface area (Å²) in [6, 6.07) is 6.46. The molecule has 178 valence electrons. The second kappa shape index (κ2) is 8.57. The fourth-order valence-corrected chi connectivity index (χ4v) is 5.70. The van der Waals surface area contributed by atoms with Crippen molar-refractivity contribution in [2.45, 2.75) is 38.0 Å². The van der Waals surface area contributed by atoms with E-state index in [1.165, 1.54) is 12.1 Å². The van der Waals surface area contributed by atoms with Gasteiger partial charge >= 0.3 is 0 Å². The van der Waals surface area contributed by atoms with Crippen molar-refractivity contribution in [2.75, 3.05) is 30.4 Å². The molecule has 2 aliphatic heterocycles. The normalized spacial score (nSPS) is 25.3. The van der Waals surface area contributed by atoms with Crippen LogP contribution in [0.1, 0.15) is 31.2 Å². The van der Waals surface area contributed by atoms with E-state index in [1.54, 1.807) is 19.4 Å². The number of aryl methyl sites for hydroxylation is 1. The molecule has 1 saturated carbocycles. The maximum atomic E-state index is 13.7. The van der Waals surface area contributed by atoms with E-state index in [0.717, 1.165) is 43.9 Å². The number of anilines is 2. The van der Waals surface area contributed by atoms with Gasteiger partial charge in [-0.3, -0.25) is 0 Å². The molecule has 2 fully saturated rings. The minimum Gasteiger partial charge on any atom is -0.482 e. The first-order chi connectivity index (χ1) is 16.6.